The molecule has 0 heterocycles. The highest BCUT2D eigenvalue weighted by Crippen LogP contribution is 2.12. The molecule has 3 heteroatoms. The summed E-state index contributed by atoms with van der Waals surface area (Å²) in [5.41, 5.74) is 4.20. The van der Waals surface area contributed by atoms with Gasteiger partial charge in [0.25, 0.3) is 0 Å². The lowest BCUT2D eigenvalue weighted by Crippen LogP contribution is -2.21. The van der Waals surface area contributed by atoms with Crippen LogP contribution in [0.4, 0.5) is 11.4 Å². The number of benzene rings is 2. The smallest absolute Gasteiger partial charge is 0.243 e. The molecule has 0 fully saturated rings. The van der Waals surface area contributed by atoms with Crippen molar-refractivity contribution in [2.24, 2.45) is 0 Å². The number of hydrogen-bond donors (Lipinski definition) is 2. The fraction of sp³-hybridized carbons (Fsp3) is 0.235. The molecule has 2 rings (SSSR count). The van der Waals surface area contributed by atoms with Gasteiger partial charge >= 0.3 is 0 Å². The van der Waals surface area contributed by atoms with Gasteiger partial charge in [-0.1, -0.05) is 31.2 Å². The summed E-state index contributed by atoms with van der Waals surface area (Å²) < 4.78 is 0. The van der Waals surface area contributed by atoms with Crippen molar-refractivity contribution in [3.63, 3.8) is 0 Å². The van der Waals surface area contributed by atoms with Crippen molar-refractivity contribution in [3.05, 3.63) is 59.7 Å². The maximum atomic E-state index is 11.9. The van der Waals surface area contributed by atoms with Crippen molar-refractivity contribution in [1.29, 1.82) is 0 Å². The van der Waals surface area contributed by atoms with E-state index in [4.69, 9.17) is 0 Å². The fourth-order valence-corrected chi connectivity index (χ4v) is 2.01. The van der Waals surface area contributed by atoms with Crippen LogP contribution >= 0.6 is 0 Å². The van der Waals surface area contributed by atoms with E-state index in [1.165, 1.54) is 5.56 Å². The molecule has 0 saturated carbocycles. The van der Waals surface area contributed by atoms with Gasteiger partial charge in [0.05, 0.1) is 6.54 Å². The molecule has 0 aliphatic heterocycles. The molecule has 0 saturated heterocycles. The van der Waals surface area contributed by atoms with E-state index in [-0.39, 0.29) is 12.5 Å². The van der Waals surface area contributed by atoms with Crippen LogP contribution in [0, 0.1) is 6.92 Å². The van der Waals surface area contributed by atoms with E-state index in [9.17, 15) is 4.79 Å². The third-order valence-corrected chi connectivity index (χ3v) is 3.09. The van der Waals surface area contributed by atoms with Crippen LogP contribution in [-0.2, 0) is 11.2 Å². The zero-order chi connectivity index (χ0) is 14.4. The van der Waals surface area contributed by atoms with E-state index in [0.29, 0.717) is 0 Å². The maximum absolute atomic E-state index is 11.9. The average Bonchev–Trinajstić information content (AvgIpc) is 2.45. The van der Waals surface area contributed by atoms with Crippen LogP contribution in [0.15, 0.2) is 48.5 Å². The molecular formula is C17H20N2O. The van der Waals surface area contributed by atoms with Crippen molar-refractivity contribution in [2.45, 2.75) is 20.3 Å². The van der Waals surface area contributed by atoms with Gasteiger partial charge in [0.15, 0.2) is 0 Å². The first-order valence-corrected chi connectivity index (χ1v) is 6.86. The first-order chi connectivity index (χ1) is 9.67. The summed E-state index contributed by atoms with van der Waals surface area (Å²) in [7, 11) is 0. The van der Waals surface area contributed by atoms with Gasteiger partial charge in [0.1, 0.15) is 0 Å². The van der Waals surface area contributed by atoms with Crippen LogP contribution in [-0.4, -0.2) is 12.5 Å². The minimum Gasteiger partial charge on any atom is -0.376 e. The monoisotopic (exact) mass is 268 g/mol. The van der Waals surface area contributed by atoms with Gasteiger partial charge in [-0.15, -0.1) is 0 Å². The average molecular weight is 268 g/mol. The van der Waals surface area contributed by atoms with Gasteiger partial charge in [-0.05, 0) is 48.7 Å². The van der Waals surface area contributed by atoms with Crippen LogP contribution in [0.5, 0.6) is 0 Å². The zero-order valence-electron chi connectivity index (χ0n) is 11.9. The number of nitrogens with one attached hydrogen (secondary N) is 2. The Kier molecular flexibility index (Phi) is 4.77. The standard InChI is InChI=1S/C17H20N2O/c1-3-14-7-5-8-15(11-14)18-12-17(20)19-16-9-4-6-13(2)10-16/h4-11,18H,3,12H2,1-2H3,(H,19,20). The van der Waals surface area contributed by atoms with Gasteiger partial charge in [-0.25, -0.2) is 0 Å². The molecule has 1 amide bonds. The van der Waals surface area contributed by atoms with Crippen molar-refractivity contribution >= 4 is 17.3 Å². The summed E-state index contributed by atoms with van der Waals surface area (Å²) in [5.74, 6) is -0.0440. The van der Waals surface area contributed by atoms with Gasteiger partial charge in [-0.2, -0.15) is 0 Å². The van der Waals surface area contributed by atoms with Gasteiger partial charge in [-0.3, -0.25) is 4.79 Å². The predicted octanol–water partition coefficient (Wildman–Crippen LogP) is 3.61. The Hall–Kier alpha value is -2.29. The van der Waals surface area contributed by atoms with Crippen LogP contribution in [0.2, 0.25) is 0 Å². The van der Waals surface area contributed by atoms with Crippen LogP contribution < -0.4 is 10.6 Å². The summed E-state index contributed by atoms with van der Waals surface area (Å²) in [5, 5.41) is 6.02. The molecular weight excluding hydrogens is 248 g/mol. The highest BCUT2D eigenvalue weighted by molar-refractivity contribution is 5.93. The second kappa shape index (κ2) is 6.75. The van der Waals surface area contributed by atoms with Crippen LogP contribution in [0.25, 0.3) is 0 Å². The molecule has 0 aromatic heterocycles. The minimum absolute atomic E-state index is 0.0440. The zero-order valence-corrected chi connectivity index (χ0v) is 11.9. The molecule has 2 N–H and O–H groups in total. The second-order valence-electron chi connectivity index (χ2n) is 4.83. The Balaban J connectivity index is 1.88. The van der Waals surface area contributed by atoms with Gasteiger partial charge in [0, 0.05) is 11.4 Å². The third kappa shape index (κ3) is 4.12. The quantitative estimate of drug-likeness (QED) is 0.869. The summed E-state index contributed by atoms with van der Waals surface area (Å²) in [6.07, 6.45) is 0.991. The van der Waals surface area contributed by atoms with Crippen molar-refractivity contribution < 1.29 is 4.79 Å². The number of rotatable bonds is 5. The Labute approximate surface area is 120 Å². The van der Waals surface area contributed by atoms with Crippen LogP contribution in [0.3, 0.4) is 0 Å². The molecule has 3 nitrogen and oxygen atoms in total. The molecule has 2 aromatic rings. The van der Waals surface area contributed by atoms with E-state index in [1.54, 1.807) is 0 Å². The van der Waals surface area contributed by atoms with Crippen molar-refractivity contribution in [2.75, 3.05) is 17.2 Å². The predicted molar refractivity (Wildman–Crippen MR) is 84.1 cm³/mol. The maximum Gasteiger partial charge on any atom is 0.243 e. The highest BCUT2D eigenvalue weighted by Gasteiger charge is 2.02. The van der Waals surface area contributed by atoms with Gasteiger partial charge in [0.2, 0.25) is 5.91 Å². The fourth-order valence-electron chi connectivity index (χ4n) is 2.01. The molecule has 0 aliphatic rings. The van der Waals surface area contributed by atoms with E-state index in [2.05, 4.69) is 29.7 Å². The number of carbonyl (C=O) groups excluding carboxylic acids is 1. The summed E-state index contributed by atoms with van der Waals surface area (Å²) in [6.45, 7) is 4.38. The number of aryl methyl sites for hydroxylation is 2. The Morgan fingerprint density at radius 1 is 1.05 bits per heavy atom. The molecule has 2 aromatic carbocycles. The minimum atomic E-state index is -0.0440. The van der Waals surface area contributed by atoms with Crippen molar-refractivity contribution in [3.8, 4) is 0 Å². The highest BCUT2D eigenvalue weighted by atomic mass is 16.1. The number of hydrogen-bond acceptors (Lipinski definition) is 2. The topological polar surface area (TPSA) is 41.1 Å². The molecule has 0 bridgehead atoms. The lowest BCUT2D eigenvalue weighted by atomic mass is 10.1. The Bertz CT molecular complexity index is 593. The summed E-state index contributed by atoms with van der Waals surface area (Å²) in [4.78, 5) is 11.9. The van der Waals surface area contributed by atoms with E-state index >= 15 is 0 Å². The first kappa shape index (κ1) is 14.1. The molecule has 0 spiro atoms. The first-order valence-electron chi connectivity index (χ1n) is 6.86. The Morgan fingerprint density at radius 3 is 2.55 bits per heavy atom. The number of carbonyl (C=O) groups is 1. The van der Waals surface area contributed by atoms with Crippen molar-refractivity contribution in [1.82, 2.24) is 0 Å². The molecule has 104 valence electrons. The number of anilines is 2. The lowest BCUT2D eigenvalue weighted by molar-refractivity contribution is -0.114. The van der Waals surface area contributed by atoms with E-state index < -0.39 is 0 Å². The molecule has 20 heavy (non-hydrogen) atoms. The molecule has 0 unspecified atom stereocenters. The second-order valence-corrected chi connectivity index (χ2v) is 4.83. The normalized spacial score (nSPS) is 10.1. The van der Waals surface area contributed by atoms with E-state index in [0.717, 1.165) is 23.4 Å². The lowest BCUT2D eigenvalue weighted by Gasteiger charge is -2.09. The number of amides is 1. The molecule has 0 radical (unpaired) electrons. The third-order valence-electron chi connectivity index (χ3n) is 3.09. The summed E-state index contributed by atoms with van der Waals surface area (Å²) in [6, 6.07) is 15.9. The van der Waals surface area contributed by atoms with E-state index in [1.807, 2.05) is 43.3 Å². The summed E-state index contributed by atoms with van der Waals surface area (Å²) >= 11 is 0. The van der Waals surface area contributed by atoms with Gasteiger partial charge < -0.3 is 10.6 Å². The Morgan fingerprint density at radius 2 is 1.80 bits per heavy atom. The molecule has 0 aliphatic carbocycles. The molecule has 0 atom stereocenters. The van der Waals surface area contributed by atoms with Crippen LogP contribution in [0.1, 0.15) is 18.1 Å². The largest absolute Gasteiger partial charge is 0.376 e. The SMILES string of the molecule is CCc1cccc(NCC(=O)Nc2cccc(C)c2)c1.